The molecule has 1 atom stereocenters. The van der Waals surface area contributed by atoms with Crippen molar-refractivity contribution < 1.29 is 9.63 Å². The Labute approximate surface area is 149 Å². The average molecular weight is 387 g/mol. The highest BCUT2D eigenvalue weighted by Gasteiger charge is 2.15. The van der Waals surface area contributed by atoms with E-state index in [-0.39, 0.29) is 0 Å². The van der Waals surface area contributed by atoms with Gasteiger partial charge in [-0.3, -0.25) is 0 Å². The summed E-state index contributed by atoms with van der Waals surface area (Å²) in [6, 6.07) is 17.6. The summed E-state index contributed by atoms with van der Waals surface area (Å²) in [5.74, 6) is 0.765. The van der Waals surface area contributed by atoms with Crippen LogP contribution in [0.4, 0.5) is 0 Å². The number of aryl methyl sites for hydroxylation is 1. The third-order valence-electron chi connectivity index (χ3n) is 3.91. The zero-order chi connectivity index (χ0) is 16.9. The molecule has 0 saturated carbocycles. The number of hydrogen-bond acceptors (Lipinski definition) is 4. The molecule has 3 aromatic rings. The Morgan fingerprint density at radius 2 is 1.83 bits per heavy atom. The molecule has 0 bridgehead atoms. The topological polar surface area (TPSA) is 58.3 Å². The van der Waals surface area contributed by atoms with E-state index in [0.29, 0.717) is 13.1 Å². The minimum atomic E-state index is -0.539. The predicted molar refractivity (Wildman–Crippen MR) is 97.5 cm³/mol. The maximum absolute atomic E-state index is 10.2. The van der Waals surface area contributed by atoms with Gasteiger partial charge in [0.05, 0.1) is 11.8 Å². The van der Waals surface area contributed by atoms with Crippen molar-refractivity contribution in [3.63, 3.8) is 0 Å². The van der Waals surface area contributed by atoms with Gasteiger partial charge in [0.25, 0.3) is 0 Å². The monoisotopic (exact) mass is 386 g/mol. The number of benzene rings is 2. The molecule has 0 aliphatic rings. The molecule has 1 aromatic heterocycles. The van der Waals surface area contributed by atoms with Gasteiger partial charge in [0, 0.05) is 28.7 Å². The quantitative estimate of drug-likeness (QED) is 0.665. The van der Waals surface area contributed by atoms with E-state index >= 15 is 0 Å². The average Bonchev–Trinajstić information content (AvgIpc) is 2.97. The highest BCUT2D eigenvalue weighted by Crippen LogP contribution is 2.27. The van der Waals surface area contributed by atoms with E-state index in [2.05, 4.69) is 26.4 Å². The molecule has 1 heterocycles. The second-order valence-electron chi connectivity index (χ2n) is 5.64. The summed E-state index contributed by atoms with van der Waals surface area (Å²) < 4.78 is 6.52. The molecule has 0 fully saturated rings. The zero-order valence-electron chi connectivity index (χ0n) is 13.4. The summed E-state index contributed by atoms with van der Waals surface area (Å²) in [4.78, 5) is 0. The maximum atomic E-state index is 10.2. The number of nitrogens with zero attached hydrogens (tertiary/aromatic N) is 1. The molecule has 124 valence electrons. The van der Waals surface area contributed by atoms with Crippen LogP contribution in [0.5, 0.6) is 0 Å². The second-order valence-corrected chi connectivity index (χ2v) is 6.56. The second kappa shape index (κ2) is 7.75. The smallest absolute Gasteiger partial charge is 0.171 e. The fourth-order valence-corrected chi connectivity index (χ4v) is 2.82. The van der Waals surface area contributed by atoms with Gasteiger partial charge in [0.2, 0.25) is 0 Å². The number of aliphatic hydroxyl groups excluding tert-OH is 1. The first kappa shape index (κ1) is 16.9. The summed E-state index contributed by atoms with van der Waals surface area (Å²) in [5, 5.41) is 17.6. The Bertz CT molecular complexity index is 785. The standard InChI is InChI=1S/C19H19BrN2O2/c1-13-17(11-21-12-18(23)14-5-3-2-4-6-14)19(24-22-13)15-7-9-16(20)10-8-15/h2-10,18,21,23H,11-12H2,1H3. The third kappa shape index (κ3) is 3.93. The zero-order valence-corrected chi connectivity index (χ0v) is 15.0. The molecule has 0 amide bonds. The van der Waals surface area contributed by atoms with Crippen molar-refractivity contribution >= 4 is 15.9 Å². The molecule has 2 N–H and O–H groups in total. The molecule has 1 unspecified atom stereocenters. The molecule has 0 aliphatic heterocycles. The van der Waals surface area contributed by atoms with Gasteiger partial charge in [-0.25, -0.2) is 0 Å². The molecule has 0 radical (unpaired) electrons. The number of nitrogens with one attached hydrogen (secondary N) is 1. The Hall–Kier alpha value is -1.95. The van der Waals surface area contributed by atoms with Crippen LogP contribution in [0.2, 0.25) is 0 Å². The van der Waals surface area contributed by atoms with E-state index in [9.17, 15) is 5.11 Å². The van der Waals surface area contributed by atoms with Crippen LogP contribution in [0, 0.1) is 6.92 Å². The first-order chi connectivity index (χ1) is 11.6. The molecule has 4 nitrogen and oxygen atoms in total. The minimum absolute atomic E-state index is 0.467. The molecule has 0 spiro atoms. The molecule has 0 aliphatic carbocycles. The van der Waals surface area contributed by atoms with Crippen molar-refractivity contribution in [1.29, 1.82) is 0 Å². The van der Waals surface area contributed by atoms with E-state index in [0.717, 1.165) is 32.6 Å². The van der Waals surface area contributed by atoms with Gasteiger partial charge in [0.1, 0.15) is 0 Å². The molecule has 0 saturated heterocycles. The van der Waals surface area contributed by atoms with Gasteiger partial charge >= 0.3 is 0 Å². The van der Waals surface area contributed by atoms with Gasteiger partial charge in [-0.1, -0.05) is 63.6 Å². The lowest BCUT2D eigenvalue weighted by Gasteiger charge is -2.12. The predicted octanol–water partition coefficient (Wildman–Crippen LogP) is 4.24. The number of halogens is 1. The number of aliphatic hydroxyl groups is 1. The molecular formula is C19H19BrN2O2. The molecule has 3 rings (SSSR count). The van der Waals surface area contributed by atoms with Crippen LogP contribution in [-0.4, -0.2) is 16.8 Å². The van der Waals surface area contributed by atoms with Gasteiger partial charge in [0.15, 0.2) is 5.76 Å². The minimum Gasteiger partial charge on any atom is -0.387 e. The van der Waals surface area contributed by atoms with E-state index in [4.69, 9.17) is 4.52 Å². The normalized spacial score (nSPS) is 12.3. The lowest BCUT2D eigenvalue weighted by Crippen LogP contribution is -2.21. The van der Waals surface area contributed by atoms with Crippen molar-refractivity contribution in [2.24, 2.45) is 0 Å². The van der Waals surface area contributed by atoms with Crippen molar-refractivity contribution in [3.05, 3.63) is 75.9 Å². The third-order valence-corrected chi connectivity index (χ3v) is 4.44. The first-order valence-electron chi connectivity index (χ1n) is 7.80. The van der Waals surface area contributed by atoms with Crippen LogP contribution in [0.3, 0.4) is 0 Å². The molecular weight excluding hydrogens is 368 g/mol. The van der Waals surface area contributed by atoms with Crippen molar-refractivity contribution in [2.75, 3.05) is 6.54 Å². The van der Waals surface area contributed by atoms with Gasteiger partial charge in [-0.2, -0.15) is 0 Å². The maximum Gasteiger partial charge on any atom is 0.171 e. The van der Waals surface area contributed by atoms with Crippen molar-refractivity contribution in [2.45, 2.75) is 19.6 Å². The van der Waals surface area contributed by atoms with Crippen molar-refractivity contribution in [1.82, 2.24) is 10.5 Å². The van der Waals surface area contributed by atoms with E-state index in [1.807, 2.05) is 61.5 Å². The Morgan fingerprint density at radius 3 is 2.54 bits per heavy atom. The van der Waals surface area contributed by atoms with Crippen LogP contribution < -0.4 is 5.32 Å². The van der Waals surface area contributed by atoms with E-state index in [1.54, 1.807) is 0 Å². The number of aromatic nitrogens is 1. The van der Waals surface area contributed by atoms with E-state index in [1.165, 1.54) is 0 Å². The van der Waals surface area contributed by atoms with Gasteiger partial charge in [-0.05, 0) is 24.6 Å². The van der Waals surface area contributed by atoms with Crippen molar-refractivity contribution in [3.8, 4) is 11.3 Å². The highest BCUT2D eigenvalue weighted by molar-refractivity contribution is 9.10. The van der Waals surface area contributed by atoms with Crippen LogP contribution in [0.25, 0.3) is 11.3 Å². The fraction of sp³-hybridized carbons (Fsp3) is 0.211. The SMILES string of the molecule is Cc1noc(-c2ccc(Br)cc2)c1CNCC(O)c1ccccc1. The Morgan fingerprint density at radius 1 is 1.12 bits per heavy atom. The fourth-order valence-electron chi connectivity index (χ4n) is 2.55. The number of hydrogen-bond donors (Lipinski definition) is 2. The largest absolute Gasteiger partial charge is 0.387 e. The van der Waals surface area contributed by atoms with Gasteiger partial charge < -0.3 is 14.9 Å². The van der Waals surface area contributed by atoms with Gasteiger partial charge in [-0.15, -0.1) is 0 Å². The van der Waals surface area contributed by atoms with Crippen LogP contribution in [0.15, 0.2) is 63.6 Å². The number of rotatable bonds is 6. The summed E-state index contributed by atoms with van der Waals surface area (Å²) >= 11 is 3.44. The van der Waals surface area contributed by atoms with E-state index < -0.39 is 6.10 Å². The summed E-state index contributed by atoms with van der Waals surface area (Å²) in [5.41, 5.74) is 3.76. The van der Waals surface area contributed by atoms with Crippen LogP contribution in [-0.2, 0) is 6.54 Å². The Kier molecular flexibility index (Phi) is 5.45. The Balaban J connectivity index is 1.67. The molecule has 5 heteroatoms. The summed E-state index contributed by atoms with van der Waals surface area (Å²) in [7, 11) is 0. The summed E-state index contributed by atoms with van der Waals surface area (Å²) in [6.07, 6.45) is -0.539. The molecule has 2 aromatic carbocycles. The van der Waals surface area contributed by atoms with Crippen LogP contribution in [0.1, 0.15) is 22.9 Å². The first-order valence-corrected chi connectivity index (χ1v) is 8.59. The molecule has 24 heavy (non-hydrogen) atoms. The highest BCUT2D eigenvalue weighted by atomic mass is 79.9. The summed E-state index contributed by atoms with van der Waals surface area (Å²) in [6.45, 7) is 2.98. The van der Waals surface area contributed by atoms with Crippen LogP contribution >= 0.6 is 15.9 Å². The lowest BCUT2D eigenvalue weighted by atomic mass is 10.1. The lowest BCUT2D eigenvalue weighted by molar-refractivity contribution is 0.174.